The number of hydrogen-bond acceptors (Lipinski definition) is 3. The third-order valence-electron chi connectivity index (χ3n) is 2.36. The lowest BCUT2D eigenvalue weighted by molar-refractivity contribution is -0.174. The molecule has 120 valence electrons. The minimum atomic E-state index is -4.43. The van der Waals surface area contributed by atoms with Crippen molar-refractivity contribution < 1.29 is 22.7 Å². The monoisotopic (exact) mass is 326 g/mol. The van der Waals surface area contributed by atoms with Crippen molar-refractivity contribution in [2.24, 2.45) is 0 Å². The second-order valence-electron chi connectivity index (χ2n) is 4.09. The summed E-state index contributed by atoms with van der Waals surface area (Å²) in [7, 11) is 0. The van der Waals surface area contributed by atoms with E-state index in [1.807, 2.05) is 19.1 Å². The molecular formula is C13H18ClF3N2O2. The molecule has 0 aromatic heterocycles. The number of nitrogens with one attached hydrogen (secondary N) is 2. The van der Waals surface area contributed by atoms with E-state index < -0.39 is 25.3 Å². The van der Waals surface area contributed by atoms with Crippen molar-refractivity contribution in [3.8, 4) is 0 Å². The summed E-state index contributed by atoms with van der Waals surface area (Å²) in [5.74, 6) is -0.613. The van der Waals surface area contributed by atoms with Crippen LogP contribution in [-0.4, -0.2) is 31.8 Å². The SMILES string of the molecule is CCNCc1ccccc1NC(=O)COCC(F)(F)F.Cl. The van der Waals surface area contributed by atoms with Crippen LogP contribution >= 0.6 is 12.4 Å². The quantitative estimate of drug-likeness (QED) is 0.810. The number of halogens is 4. The Labute approximate surface area is 127 Å². The van der Waals surface area contributed by atoms with Crippen molar-refractivity contribution in [3.63, 3.8) is 0 Å². The molecule has 4 nitrogen and oxygen atoms in total. The number of rotatable bonds is 7. The number of anilines is 1. The normalized spacial score (nSPS) is 10.9. The predicted molar refractivity (Wildman–Crippen MR) is 76.6 cm³/mol. The van der Waals surface area contributed by atoms with Gasteiger partial charge in [-0.1, -0.05) is 25.1 Å². The molecule has 0 heterocycles. The van der Waals surface area contributed by atoms with Crippen LogP contribution in [0.1, 0.15) is 12.5 Å². The van der Waals surface area contributed by atoms with E-state index in [9.17, 15) is 18.0 Å². The highest BCUT2D eigenvalue weighted by molar-refractivity contribution is 5.92. The van der Waals surface area contributed by atoms with Crippen LogP contribution < -0.4 is 10.6 Å². The highest BCUT2D eigenvalue weighted by Crippen LogP contribution is 2.16. The van der Waals surface area contributed by atoms with E-state index in [1.54, 1.807) is 12.1 Å². The Kier molecular flexibility index (Phi) is 9.00. The number of carbonyl (C=O) groups is 1. The molecule has 0 aliphatic heterocycles. The molecule has 0 aliphatic carbocycles. The molecule has 8 heteroatoms. The van der Waals surface area contributed by atoms with Crippen LogP contribution in [-0.2, 0) is 16.1 Å². The van der Waals surface area contributed by atoms with Crippen LogP contribution in [0.4, 0.5) is 18.9 Å². The first-order chi connectivity index (χ1) is 9.42. The Balaban J connectivity index is 0.00000400. The van der Waals surface area contributed by atoms with E-state index in [0.29, 0.717) is 12.2 Å². The minimum absolute atomic E-state index is 0. The zero-order valence-electron chi connectivity index (χ0n) is 11.5. The summed E-state index contributed by atoms with van der Waals surface area (Å²) in [6, 6.07) is 7.08. The van der Waals surface area contributed by atoms with Gasteiger partial charge in [0.2, 0.25) is 5.91 Å². The molecule has 0 atom stereocenters. The summed E-state index contributed by atoms with van der Waals surface area (Å²) in [4.78, 5) is 11.5. The van der Waals surface area contributed by atoms with E-state index in [4.69, 9.17) is 0 Å². The Morgan fingerprint density at radius 3 is 2.57 bits per heavy atom. The van der Waals surface area contributed by atoms with Gasteiger partial charge < -0.3 is 15.4 Å². The van der Waals surface area contributed by atoms with Gasteiger partial charge in [0.1, 0.15) is 13.2 Å². The summed E-state index contributed by atoms with van der Waals surface area (Å²) in [6.07, 6.45) is -4.43. The second kappa shape index (κ2) is 9.59. The highest BCUT2D eigenvalue weighted by Gasteiger charge is 2.27. The average molecular weight is 327 g/mol. The van der Waals surface area contributed by atoms with Crippen LogP contribution in [0, 0.1) is 0 Å². The fourth-order valence-electron chi connectivity index (χ4n) is 1.50. The number of para-hydroxylation sites is 1. The van der Waals surface area contributed by atoms with E-state index in [0.717, 1.165) is 12.1 Å². The first-order valence-electron chi connectivity index (χ1n) is 6.15. The predicted octanol–water partition coefficient (Wildman–Crippen LogP) is 2.74. The maximum atomic E-state index is 11.9. The average Bonchev–Trinajstić information content (AvgIpc) is 2.36. The van der Waals surface area contributed by atoms with Gasteiger partial charge in [0.05, 0.1) is 0 Å². The van der Waals surface area contributed by atoms with Gasteiger partial charge in [-0.2, -0.15) is 13.2 Å². The molecule has 21 heavy (non-hydrogen) atoms. The van der Waals surface area contributed by atoms with Crippen LogP contribution in [0.25, 0.3) is 0 Å². The zero-order valence-corrected chi connectivity index (χ0v) is 12.3. The van der Waals surface area contributed by atoms with Gasteiger partial charge in [-0.05, 0) is 18.2 Å². The van der Waals surface area contributed by atoms with Gasteiger partial charge >= 0.3 is 6.18 Å². The molecule has 2 N–H and O–H groups in total. The summed E-state index contributed by atoms with van der Waals surface area (Å²) in [5.41, 5.74) is 1.42. The smallest absolute Gasteiger partial charge is 0.362 e. The molecule has 0 fully saturated rings. The van der Waals surface area contributed by atoms with Crippen LogP contribution in [0.3, 0.4) is 0 Å². The van der Waals surface area contributed by atoms with Crippen molar-refractivity contribution in [1.82, 2.24) is 5.32 Å². The number of amides is 1. The number of benzene rings is 1. The van der Waals surface area contributed by atoms with Crippen molar-refractivity contribution >= 4 is 24.0 Å². The lowest BCUT2D eigenvalue weighted by atomic mass is 10.1. The second-order valence-corrected chi connectivity index (χ2v) is 4.09. The molecular weight excluding hydrogens is 309 g/mol. The summed E-state index contributed by atoms with van der Waals surface area (Å²) >= 11 is 0. The van der Waals surface area contributed by atoms with E-state index in [1.165, 1.54) is 0 Å². The molecule has 0 bridgehead atoms. The molecule has 1 aromatic carbocycles. The number of carbonyl (C=O) groups excluding carboxylic acids is 1. The van der Waals surface area contributed by atoms with Crippen molar-refractivity contribution in [2.45, 2.75) is 19.6 Å². The lowest BCUT2D eigenvalue weighted by Gasteiger charge is -2.12. The van der Waals surface area contributed by atoms with E-state index in [-0.39, 0.29) is 12.4 Å². The fourth-order valence-corrected chi connectivity index (χ4v) is 1.50. The maximum absolute atomic E-state index is 11.9. The van der Waals surface area contributed by atoms with E-state index >= 15 is 0 Å². The molecule has 0 aliphatic rings. The topological polar surface area (TPSA) is 50.4 Å². The maximum Gasteiger partial charge on any atom is 0.411 e. The Bertz CT molecular complexity index is 442. The van der Waals surface area contributed by atoms with Crippen molar-refractivity contribution in [1.29, 1.82) is 0 Å². The zero-order chi connectivity index (χ0) is 15.0. The first kappa shape index (κ1) is 19.7. The van der Waals surface area contributed by atoms with Crippen molar-refractivity contribution in [2.75, 3.05) is 25.1 Å². The number of ether oxygens (including phenoxy) is 1. The summed E-state index contributed by atoms with van der Waals surface area (Å²) in [5, 5.41) is 5.64. The molecule has 1 rings (SSSR count). The fraction of sp³-hybridized carbons (Fsp3) is 0.462. The summed E-state index contributed by atoms with van der Waals surface area (Å²) in [6.45, 7) is 1.23. The van der Waals surface area contributed by atoms with E-state index in [2.05, 4.69) is 15.4 Å². The number of alkyl halides is 3. The van der Waals surface area contributed by atoms with Gasteiger partial charge in [-0.3, -0.25) is 4.79 Å². The highest BCUT2D eigenvalue weighted by atomic mass is 35.5. The van der Waals surface area contributed by atoms with Crippen LogP contribution in [0.5, 0.6) is 0 Å². The lowest BCUT2D eigenvalue weighted by Crippen LogP contribution is -2.24. The number of hydrogen-bond donors (Lipinski definition) is 2. The van der Waals surface area contributed by atoms with Gasteiger partial charge in [-0.15, -0.1) is 12.4 Å². The van der Waals surface area contributed by atoms with Gasteiger partial charge in [0.15, 0.2) is 0 Å². The molecule has 1 aromatic rings. The summed E-state index contributed by atoms with van der Waals surface area (Å²) < 4.78 is 39.9. The molecule has 0 radical (unpaired) electrons. The largest absolute Gasteiger partial charge is 0.411 e. The molecule has 0 saturated heterocycles. The van der Waals surface area contributed by atoms with Crippen molar-refractivity contribution in [3.05, 3.63) is 29.8 Å². The standard InChI is InChI=1S/C13H17F3N2O2.ClH/c1-2-17-7-10-5-3-4-6-11(10)18-12(19)8-20-9-13(14,15)16;/h3-6,17H,2,7-9H2,1H3,(H,18,19);1H. The van der Waals surface area contributed by atoms with Gasteiger partial charge in [-0.25, -0.2) is 0 Å². The first-order valence-corrected chi connectivity index (χ1v) is 6.15. The molecule has 0 unspecified atom stereocenters. The Morgan fingerprint density at radius 1 is 1.29 bits per heavy atom. The van der Waals surface area contributed by atoms with Gasteiger partial charge in [0.25, 0.3) is 0 Å². The van der Waals surface area contributed by atoms with Crippen LogP contribution in [0.2, 0.25) is 0 Å². The Hall–Kier alpha value is -1.31. The minimum Gasteiger partial charge on any atom is -0.362 e. The third kappa shape index (κ3) is 8.54. The van der Waals surface area contributed by atoms with Gasteiger partial charge in [0, 0.05) is 12.2 Å². The third-order valence-corrected chi connectivity index (χ3v) is 2.36. The molecule has 0 saturated carbocycles. The van der Waals surface area contributed by atoms with Crippen LogP contribution in [0.15, 0.2) is 24.3 Å². The molecule has 1 amide bonds. The molecule has 0 spiro atoms. The Morgan fingerprint density at radius 2 is 1.95 bits per heavy atom.